The quantitative estimate of drug-likeness (QED) is 0.889. The molecule has 24 heavy (non-hydrogen) atoms. The summed E-state index contributed by atoms with van der Waals surface area (Å²) in [6.07, 6.45) is 1.95. The molecule has 1 aromatic carbocycles. The Balaban J connectivity index is 1.81. The van der Waals surface area contributed by atoms with Crippen molar-refractivity contribution >= 4 is 17.5 Å². The highest BCUT2D eigenvalue weighted by Gasteiger charge is 2.25. The highest BCUT2D eigenvalue weighted by molar-refractivity contribution is 6.30. The molecule has 0 bridgehead atoms. The number of halogens is 2. The van der Waals surface area contributed by atoms with Crippen LogP contribution in [0.3, 0.4) is 0 Å². The van der Waals surface area contributed by atoms with Gasteiger partial charge in [0, 0.05) is 12.1 Å². The molecule has 1 fully saturated rings. The first-order valence-electron chi connectivity index (χ1n) is 7.89. The van der Waals surface area contributed by atoms with Gasteiger partial charge < -0.3 is 10.6 Å². The molecule has 6 nitrogen and oxygen atoms in total. The van der Waals surface area contributed by atoms with Crippen LogP contribution in [-0.4, -0.2) is 39.5 Å². The Hall–Kier alpha value is -1.99. The Labute approximate surface area is 144 Å². The molecule has 128 valence electrons. The molecule has 2 atom stereocenters. The number of hydrogen-bond acceptors (Lipinski definition) is 4. The summed E-state index contributed by atoms with van der Waals surface area (Å²) in [7, 11) is 0. The third kappa shape index (κ3) is 3.27. The van der Waals surface area contributed by atoms with Crippen LogP contribution in [0, 0.1) is 12.7 Å². The van der Waals surface area contributed by atoms with Crippen molar-refractivity contribution < 1.29 is 9.18 Å². The van der Waals surface area contributed by atoms with Gasteiger partial charge in [-0.15, -0.1) is 5.10 Å². The van der Waals surface area contributed by atoms with Crippen molar-refractivity contribution in [2.45, 2.75) is 38.8 Å². The lowest BCUT2D eigenvalue weighted by atomic mass is 10.00. The second-order valence-corrected chi connectivity index (χ2v) is 6.41. The molecule has 3 rings (SSSR count). The van der Waals surface area contributed by atoms with Crippen LogP contribution < -0.4 is 10.6 Å². The Kier molecular flexibility index (Phi) is 4.82. The summed E-state index contributed by atoms with van der Waals surface area (Å²) in [5, 5.41) is 14.3. The minimum atomic E-state index is -0.505. The van der Waals surface area contributed by atoms with Crippen LogP contribution in [0.5, 0.6) is 0 Å². The van der Waals surface area contributed by atoms with E-state index < -0.39 is 5.82 Å². The van der Waals surface area contributed by atoms with Crippen LogP contribution >= 0.6 is 11.6 Å². The van der Waals surface area contributed by atoms with Crippen LogP contribution in [0.15, 0.2) is 18.2 Å². The summed E-state index contributed by atoms with van der Waals surface area (Å²) in [4.78, 5) is 12.5. The summed E-state index contributed by atoms with van der Waals surface area (Å²) in [5.41, 5.74) is 1.39. The van der Waals surface area contributed by atoms with Crippen molar-refractivity contribution in [2.24, 2.45) is 0 Å². The van der Waals surface area contributed by atoms with Crippen molar-refractivity contribution in [1.29, 1.82) is 0 Å². The molecule has 1 aromatic heterocycles. The third-order valence-electron chi connectivity index (χ3n) is 4.34. The number of aromatic nitrogens is 3. The van der Waals surface area contributed by atoms with Crippen LogP contribution in [-0.2, 0) is 0 Å². The normalized spacial score (nSPS) is 20.8. The number of rotatable bonds is 3. The number of nitrogens with one attached hydrogen (secondary N) is 2. The number of piperidine rings is 1. The number of carbonyl (C=O) groups excluding carboxylic acids is 1. The lowest BCUT2D eigenvalue weighted by Crippen LogP contribution is -2.52. The molecule has 0 spiro atoms. The van der Waals surface area contributed by atoms with Gasteiger partial charge in [-0.3, -0.25) is 4.79 Å². The number of carbonyl (C=O) groups is 1. The molecule has 2 aromatic rings. The van der Waals surface area contributed by atoms with Gasteiger partial charge >= 0.3 is 0 Å². The van der Waals surface area contributed by atoms with E-state index >= 15 is 0 Å². The fourth-order valence-electron chi connectivity index (χ4n) is 2.88. The van der Waals surface area contributed by atoms with E-state index in [1.807, 2.05) is 6.92 Å². The average Bonchev–Trinajstić information content (AvgIpc) is 2.94. The van der Waals surface area contributed by atoms with Gasteiger partial charge in [0.05, 0.1) is 16.4 Å². The van der Waals surface area contributed by atoms with Crippen molar-refractivity contribution in [3.05, 3.63) is 40.4 Å². The van der Waals surface area contributed by atoms with Crippen molar-refractivity contribution in [1.82, 2.24) is 25.6 Å². The first kappa shape index (κ1) is 16.9. The highest BCUT2D eigenvalue weighted by Crippen LogP contribution is 2.20. The van der Waals surface area contributed by atoms with E-state index in [1.165, 1.54) is 22.9 Å². The maximum absolute atomic E-state index is 13.3. The minimum absolute atomic E-state index is 0.00416. The van der Waals surface area contributed by atoms with Gasteiger partial charge in [-0.05, 0) is 51.4 Å². The van der Waals surface area contributed by atoms with Gasteiger partial charge in [0.15, 0.2) is 5.69 Å². The average molecular weight is 352 g/mol. The van der Waals surface area contributed by atoms with E-state index in [-0.39, 0.29) is 28.7 Å². The smallest absolute Gasteiger partial charge is 0.274 e. The van der Waals surface area contributed by atoms with Crippen LogP contribution in [0.1, 0.15) is 35.9 Å². The molecule has 0 saturated carbocycles. The lowest BCUT2D eigenvalue weighted by Gasteiger charge is -2.30. The highest BCUT2D eigenvalue weighted by atomic mass is 35.5. The number of nitrogens with zero attached hydrogens (tertiary/aromatic N) is 3. The summed E-state index contributed by atoms with van der Waals surface area (Å²) in [6, 6.07) is 4.53. The fourth-order valence-corrected chi connectivity index (χ4v) is 3.05. The second kappa shape index (κ2) is 6.86. The molecular formula is C16H19ClFN5O. The molecule has 8 heteroatoms. The molecule has 2 N–H and O–H groups in total. The van der Waals surface area contributed by atoms with Crippen molar-refractivity contribution in [3.63, 3.8) is 0 Å². The molecule has 1 aliphatic heterocycles. The summed E-state index contributed by atoms with van der Waals surface area (Å²) in [5.74, 6) is -0.762. The maximum atomic E-state index is 13.3. The first-order chi connectivity index (χ1) is 11.5. The molecule has 0 aliphatic carbocycles. The topological polar surface area (TPSA) is 71.8 Å². The van der Waals surface area contributed by atoms with E-state index in [2.05, 4.69) is 20.9 Å². The van der Waals surface area contributed by atoms with E-state index in [4.69, 9.17) is 11.6 Å². The SMILES string of the molecule is Cc1c(C(=O)NC2CCCNC2C)nnn1-c1ccc(F)c(Cl)c1. The number of amides is 1. The van der Waals surface area contributed by atoms with Gasteiger partial charge in [-0.25, -0.2) is 9.07 Å². The molecular weight excluding hydrogens is 333 g/mol. The molecule has 1 saturated heterocycles. The zero-order valence-corrected chi connectivity index (χ0v) is 14.3. The summed E-state index contributed by atoms with van der Waals surface area (Å²) < 4.78 is 14.8. The predicted molar refractivity (Wildman–Crippen MR) is 89.0 cm³/mol. The molecule has 1 aliphatic rings. The van der Waals surface area contributed by atoms with Gasteiger partial charge in [0.2, 0.25) is 0 Å². The zero-order chi connectivity index (χ0) is 17.3. The lowest BCUT2D eigenvalue weighted by molar-refractivity contribution is 0.0914. The summed E-state index contributed by atoms with van der Waals surface area (Å²) in [6.45, 7) is 4.76. The van der Waals surface area contributed by atoms with Gasteiger partial charge in [0.25, 0.3) is 5.91 Å². The monoisotopic (exact) mass is 351 g/mol. The van der Waals surface area contributed by atoms with E-state index in [1.54, 1.807) is 6.92 Å². The molecule has 0 radical (unpaired) electrons. The molecule has 2 unspecified atom stereocenters. The van der Waals surface area contributed by atoms with Crippen LogP contribution in [0.2, 0.25) is 5.02 Å². The first-order valence-corrected chi connectivity index (χ1v) is 8.27. The van der Waals surface area contributed by atoms with Crippen molar-refractivity contribution in [3.8, 4) is 5.69 Å². The van der Waals surface area contributed by atoms with E-state index in [9.17, 15) is 9.18 Å². The van der Waals surface area contributed by atoms with Crippen molar-refractivity contribution in [2.75, 3.05) is 6.54 Å². The summed E-state index contributed by atoms with van der Waals surface area (Å²) >= 11 is 5.81. The Morgan fingerprint density at radius 2 is 2.29 bits per heavy atom. The zero-order valence-electron chi connectivity index (χ0n) is 13.5. The number of hydrogen-bond donors (Lipinski definition) is 2. The third-order valence-corrected chi connectivity index (χ3v) is 4.63. The standard InChI is InChI=1S/C16H19ClFN5O/c1-9-14(4-3-7-19-9)20-16(24)15-10(2)23(22-21-15)11-5-6-13(18)12(17)8-11/h5-6,8-9,14,19H,3-4,7H2,1-2H3,(H,20,24). The Bertz CT molecular complexity index is 763. The molecule has 2 heterocycles. The van der Waals surface area contributed by atoms with Gasteiger partial charge in [-0.2, -0.15) is 0 Å². The van der Waals surface area contributed by atoms with E-state index in [0.717, 1.165) is 19.4 Å². The van der Waals surface area contributed by atoms with Gasteiger partial charge in [-0.1, -0.05) is 16.8 Å². The Morgan fingerprint density at radius 3 is 3.00 bits per heavy atom. The predicted octanol–water partition coefficient (Wildman–Crippen LogP) is 2.24. The fraction of sp³-hybridized carbons (Fsp3) is 0.438. The van der Waals surface area contributed by atoms with Gasteiger partial charge in [0.1, 0.15) is 5.82 Å². The van der Waals surface area contributed by atoms with Crippen LogP contribution in [0.25, 0.3) is 5.69 Å². The minimum Gasteiger partial charge on any atom is -0.346 e. The van der Waals surface area contributed by atoms with E-state index in [0.29, 0.717) is 11.4 Å². The largest absolute Gasteiger partial charge is 0.346 e. The van der Waals surface area contributed by atoms with Crippen LogP contribution in [0.4, 0.5) is 4.39 Å². The number of benzene rings is 1. The Morgan fingerprint density at radius 1 is 1.50 bits per heavy atom. The maximum Gasteiger partial charge on any atom is 0.274 e. The second-order valence-electron chi connectivity index (χ2n) is 6.00. The molecule has 1 amide bonds.